The molecule has 2 amide bonds. The fourth-order valence-electron chi connectivity index (χ4n) is 3.49. The summed E-state index contributed by atoms with van der Waals surface area (Å²) in [6.07, 6.45) is 2.58. The summed E-state index contributed by atoms with van der Waals surface area (Å²) in [4.78, 5) is 33.1. The van der Waals surface area contributed by atoms with Gasteiger partial charge in [-0.25, -0.2) is 0 Å². The first-order valence-corrected chi connectivity index (χ1v) is 9.75. The lowest BCUT2D eigenvalue weighted by atomic mass is 10.1. The molecule has 3 heterocycles. The number of nitrogens with zero attached hydrogens (tertiary/aromatic N) is 3. The van der Waals surface area contributed by atoms with Crippen molar-refractivity contribution in [3.63, 3.8) is 0 Å². The number of rotatable bonds is 5. The topological polar surface area (TPSA) is 84.0 Å². The molecule has 8 nitrogen and oxygen atoms in total. The zero-order valence-electron chi connectivity index (χ0n) is 16.3. The van der Waals surface area contributed by atoms with Crippen molar-refractivity contribution >= 4 is 23.2 Å². The average molecular weight is 396 g/mol. The number of amides is 2. The molecule has 1 unspecified atom stereocenters. The number of hydrogen-bond donors (Lipinski definition) is 1. The second kappa shape index (κ2) is 8.59. The molecule has 4 rings (SSSR count). The fourth-order valence-corrected chi connectivity index (χ4v) is 3.49. The number of nitrogens with one attached hydrogen (secondary N) is 1. The number of aromatic nitrogens is 1. The van der Waals surface area contributed by atoms with Crippen LogP contribution in [-0.4, -0.2) is 67.2 Å². The largest absolute Gasteiger partial charge is 0.479 e. The van der Waals surface area contributed by atoms with E-state index < -0.39 is 6.10 Å². The van der Waals surface area contributed by atoms with Gasteiger partial charge in [0.25, 0.3) is 11.8 Å². The number of carbonyl (C=O) groups excluding carboxylic acids is 2. The lowest BCUT2D eigenvalue weighted by Gasteiger charge is -2.35. The SMILES string of the molecule is CC1Oc2cc(NC(=O)c3ccncc3)ccc2N(CCN2CCOCC2)C1=O. The summed E-state index contributed by atoms with van der Waals surface area (Å²) in [5.74, 6) is 0.308. The van der Waals surface area contributed by atoms with Crippen LogP contribution in [-0.2, 0) is 9.53 Å². The van der Waals surface area contributed by atoms with Gasteiger partial charge in [0.15, 0.2) is 6.10 Å². The minimum Gasteiger partial charge on any atom is -0.479 e. The molecule has 0 bridgehead atoms. The van der Waals surface area contributed by atoms with E-state index in [9.17, 15) is 9.59 Å². The van der Waals surface area contributed by atoms with Gasteiger partial charge in [-0.2, -0.15) is 0 Å². The number of anilines is 2. The van der Waals surface area contributed by atoms with E-state index in [1.54, 1.807) is 48.5 Å². The van der Waals surface area contributed by atoms with Crippen molar-refractivity contribution in [1.29, 1.82) is 0 Å². The standard InChI is InChI=1S/C21H24N4O4/c1-15-21(27)25(9-8-24-10-12-28-13-11-24)18-3-2-17(14-19(18)29-15)23-20(26)16-4-6-22-7-5-16/h2-7,14-15H,8-13H2,1H3,(H,23,26). The van der Waals surface area contributed by atoms with Crippen LogP contribution in [0.3, 0.4) is 0 Å². The number of carbonyl (C=O) groups is 2. The predicted molar refractivity (Wildman–Crippen MR) is 108 cm³/mol. The van der Waals surface area contributed by atoms with Gasteiger partial charge >= 0.3 is 0 Å². The maximum absolute atomic E-state index is 12.7. The van der Waals surface area contributed by atoms with Crippen LogP contribution in [0, 0.1) is 0 Å². The van der Waals surface area contributed by atoms with E-state index >= 15 is 0 Å². The molecule has 0 spiro atoms. The number of hydrogen-bond acceptors (Lipinski definition) is 6. The van der Waals surface area contributed by atoms with Gasteiger partial charge in [0, 0.05) is 55.9 Å². The highest BCUT2D eigenvalue weighted by Gasteiger charge is 2.32. The van der Waals surface area contributed by atoms with Crippen LogP contribution >= 0.6 is 0 Å². The Kier molecular flexibility index (Phi) is 5.73. The van der Waals surface area contributed by atoms with Gasteiger partial charge in [-0.15, -0.1) is 0 Å². The first-order valence-electron chi connectivity index (χ1n) is 9.75. The van der Waals surface area contributed by atoms with Crippen molar-refractivity contribution in [2.75, 3.05) is 49.6 Å². The highest BCUT2D eigenvalue weighted by Crippen LogP contribution is 2.36. The molecular weight excluding hydrogens is 372 g/mol. The van der Waals surface area contributed by atoms with Crippen molar-refractivity contribution < 1.29 is 19.1 Å². The van der Waals surface area contributed by atoms with E-state index in [-0.39, 0.29) is 11.8 Å². The molecule has 0 saturated carbocycles. The van der Waals surface area contributed by atoms with Crippen molar-refractivity contribution in [3.8, 4) is 5.75 Å². The Morgan fingerprint density at radius 1 is 1.17 bits per heavy atom. The summed E-state index contributed by atoms with van der Waals surface area (Å²) in [6, 6.07) is 8.67. The van der Waals surface area contributed by atoms with Crippen LogP contribution in [0.4, 0.5) is 11.4 Å². The van der Waals surface area contributed by atoms with Crippen LogP contribution in [0.5, 0.6) is 5.75 Å². The van der Waals surface area contributed by atoms with Gasteiger partial charge < -0.3 is 19.7 Å². The molecule has 0 radical (unpaired) electrons. The minimum atomic E-state index is -0.571. The summed E-state index contributed by atoms with van der Waals surface area (Å²) in [6.45, 7) is 6.32. The fraction of sp³-hybridized carbons (Fsp3) is 0.381. The van der Waals surface area contributed by atoms with E-state index in [0.717, 1.165) is 38.5 Å². The molecule has 1 saturated heterocycles. The quantitative estimate of drug-likeness (QED) is 0.830. The highest BCUT2D eigenvalue weighted by atomic mass is 16.5. The molecule has 0 aliphatic carbocycles. The minimum absolute atomic E-state index is 0.0562. The van der Waals surface area contributed by atoms with Crippen molar-refractivity contribution in [1.82, 2.24) is 9.88 Å². The first kappa shape index (κ1) is 19.4. The van der Waals surface area contributed by atoms with Crippen LogP contribution < -0.4 is 15.0 Å². The number of fused-ring (bicyclic) bond motifs is 1. The molecule has 152 valence electrons. The third kappa shape index (κ3) is 4.38. The monoisotopic (exact) mass is 396 g/mol. The van der Waals surface area contributed by atoms with Gasteiger partial charge in [0.2, 0.25) is 0 Å². The van der Waals surface area contributed by atoms with Gasteiger partial charge in [-0.1, -0.05) is 0 Å². The first-order chi connectivity index (χ1) is 14.1. The molecule has 1 atom stereocenters. The Morgan fingerprint density at radius 3 is 2.69 bits per heavy atom. The van der Waals surface area contributed by atoms with E-state index in [2.05, 4.69) is 15.2 Å². The van der Waals surface area contributed by atoms with Crippen LogP contribution in [0.1, 0.15) is 17.3 Å². The predicted octanol–water partition coefficient (Wildman–Crippen LogP) is 1.78. The highest BCUT2D eigenvalue weighted by molar-refractivity contribution is 6.05. The second-order valence-electron chi connectivity index (χ2n) is 7.08. The molecule has 29 heavy (non-hydrogen) atoms. The van der Waals surface area contributed by atoms with E-state index in [1.807, 2.05) is 6.07 Å². The Balaban J connectivity index is 1.49. The van der Waals surface area contributed by atoms with Crippen LogP contribution in [0.2, 0.25) is 0 Å². The molecule has 1 fully saturated rings. The third-order valence-electron chi connectivity index (χ3n) is 5.11. The molecule has 2 aliphatic rings. The van der Waals surface area contributed by atoms with Crippen molar-refractivity contribution in [2.45, 2.75) is 13.0 Å². The molecule has 2 aliphatic heterocycles. The molecule has 8 heteroatoms. The zero-order chi connectivity index (χ0) is 20.2. The smallest absolute Gasteiger partial charge is 0.267 e. The molecule has 1 N–H and O–H groups in total. The van der Waals surface area contributed by atoms with Gasteiger partial charge in [0.1, 0.15) is 5.75 Å². The maximum atomic E-state index is 12.7. The number of pyridine rings is 1. The summed E-state index contributed by atoms with van der Waals surface area (Å²) in [7, 11) is 0. The molecular formula is C21H24N4O4. The Morgan fingerprint density at radius 2 is 1.93 bits per heavy atom. The summed E-state index contributed by atoms with van der Waals surface area (Å²) in [5, 5.41) is 2.86. The lowest BCUT2D eigenvalue weighted by Crippen LogP contribution is -2.48. The zero-order valence-corrected chi connectivity index (χ0v) is 16.3. The molecule has 1 aromatic carbocycles. The van der Waals surface area contributed by atoms with E-state index in [0.29, 0.717) is 23.5 Å². The van der Waals surface area contributed by atoms with Crippen LogP contribution in [0.15, 0.2) is 42.7 Å². The summed E-state index contributed by atoms with van der Waals surface area (Å²) < 4.78 is 11.2. The average Bonchev–Trinajstić information content (AvgIpc) is 2.75. The Hall–Kier alpha value is -2.97. The summed E-state index contributed by atoms with van der Waals surface area (Å²) in [5.41, 5.74) is 1.86. The van der Waals surface area contributed by atoms with Crippen LogP contribution in [0.25, 0.3) is 0 Å². The molecule has 1 aromatic heterocycles. The number of benzene rings is 1. The Bertz CT molecular complexity index is 884. The Labute approximate surface area is 169 Å². The summed E-state index contributed by atoms with van der Waals surface area (Å²) >= 11 is 0. The second-order valence-corrected chi connectivity index (χ2v) is 7.08. The number of ether oxygens (including phenoxy) is 2. The third-order valence-corrected chi connectivity index (χ3v) is 5.11. The van der Waals surface area contributed by atoms with Gasteiger partial charge in [-0.05, 0) is 31.2 Å². The number of morpholine rings is 1. The van der Waals surface area contributed by atoms with E-state index in [4.69, 9.17) is 9.47 Å². The maximum Gasteiger partial charge on any atom is 0.267 e. The lowest BCUT2D eigenvalue weighted by molar-refractivity contribution is -0.125. The van der Waals surface area contributed by atoms with Gasteiger partial charge in [-0.3, -0.25) is 19.5 Å². The van der Waals surface area contributed by atoms with Crippen molar-refractivity contribution in [3.05, 3.63) is 48.3 Å². The normalized spacial score (nSPS) is 19.4. The molecule has 2 aromatic rings. The van der Waals surface area contributed by atoms with Crippen molar-refractivity contribution in [2.24, 2.45) is 0 Å². The van der Waals surface area contributed by atoms with E-state index in [1.165, 1.54) is 0 Å². The van der Waals surface area contributed by atoms with Gasteiger partial charge in [0.05, 0.1) is 18.9 Å².